The summed E-state index contributed by atoms with van der Waals surface area (Å²) < 4.78 is 24.7. The van der Waals surface area contributed by atoms with Gasteiger partial charge in [-0.05, 0) is 25.6 Å². The van der Waals surface area contributed by atoms with Crippen molar-refractivity contribution in [1.29, 1.82) is 0 Å². The van der Waals surface area contributed by atoms with Gasteiger partial charge in [0.05, 0.1) is 6.61 Å². The number of aliphatic hydroxyl groups excluding tert-OH is 1. The maximum atomic E-state index is 12.2. The molecule has 0 unspecified atom stereocenters. The first-order chi connectivity index (χ1) is 8.92. The molecule has 1 aliphatic heterocycles. The molecule has 2 N–H and O–H groups in total. The van der Waals surface area contributed by atoms with E-state index in [9.17, 15) is 8.42 Å². The molecule has 0 aliphatic carbocycles. The molecule has 0 amide bonds. The molecule has 0 atom stereocenters. The van der Waals surface area contributed by atoms with Crippen LogP contribution in [0.4, 0.5) is 0 Å². The quantitative estimate of drug-likeness (QED) is 0.818. The van der Waals surface area contributed by atoms with E-state index in [0.29, 0.717) is 18.0 Å². The highest BCUT2D eigenvalue weighted by Gasteiger charge is 2.23. The third-order valence-electron chi connectivity index (χ3n) is 3.16. The molecule has 0 bridgehead atoms. The van der Waals surface area contributed by atoms with Crippen LogP contribution in [0.3, 0.4) is 0 Å². The number of piperazine rings is 1. The van der Waals surface area contributed by atoms with E-state index in [2.05, 4.69) is 9.73 Å². The molecule has 0 saturated carbocycles. The van der Waals surface area contributed by atoms with Crippen molar-refractivity contribution < 1.29 is 13.5 Å². The van der Waals surface area contributed by atoms with E-state index < -0.39 is 10.0 Å². The normalized spacial score (nSPS) is 18.9. The molecule has 1 aromatic rings. The zero-order valence-electron chi connectivity index (χ0n) is 11.1. The van der Waals surface area contributed by atoms with Crippen molar-refractivity contribution in [2.24, 2.45) is 0 Å². The third kappa shape index (κ3) is 3.53. The summed E-state index contributed by atoms with van der Waals surface area (Å²) in [6.07, 6.45) is 0. The maximum absolute atomic E-state index is 12.2. The fourth-order valence-corrected chi connectivity index (χ4v) is 4.45. The van der Waals surface area contributed by atoms with Gasteiger partial charge in [-0.25, -0.2) is 13.4 Å². The van der Waals surface area contributed by atoms with Crippen molar-refractivity contribution in [3.05, 3.63) is 16.5 Å². The largest absolute Gasteiger partial charge is 0.391 e. The minimum Gasteiger partial charge on any atom is -0.391 e. The number of hydrogen-bond acceptors (Lipinski definition) is 6. The zero-order valence-corrected chi connectivity index (χ0v) is 12.7. The third-order valence-corrected chi connectivity index (χ3v) is 6.23. The minimum atomic E-state index is -3.52. The monoisotopic (exact) mass is 305 g/mol. The Labute approximate surface area is 117 Å². The smallest absolute Gasteiger partial charge is 0.262 e. The second-order valence-electron chi connectivity index (χ2n) is 4.71. The summed E-state index contributed by atoms with van der Waals surface area (Å²) in [5.74, 6) is 0. The van der Waals surface area contributed by atoms with Gasteiger partial charge in [0, 0.05) is 31.1 Å². The van der Waals surface area contributed by atoms with E-state index >= 15 is 0 Å². The molecule has 1 fully saturated rings. The van der Waals surface area contributed by atoms with E-state index in [0.717, 1.165) is 30.0 Å². The van der Waals surface area contributed by atoms with Crippen LogP contribution in [0.5, 0.6) is 0 Å². The first kappa shape index (κ1) is 14.9. The topological polar surface area (TPSA) is 72.9 Å². The number of rotatable bonds is 4. The zero-order chi connectivity index (χ0) is 14.0. The Morgan fingerprint density at radius 2 is 2.00 bits per heavy atom. The van der Waals surface area contributed by atoms with Gasteiger partial charge in [0.15, 0.2) is 0 Å². The molecule has 19 heavy (non-hydrogen) atoms. The van der Waals surface area contributed by atoms with Crippen LogP contribution in [0.2, 0.25) is 0 Å². The van der Waals surface area contributed by atoms with Gasteiger partial charge in [0.25, 0.3) is 10.0 Å². The standard InChI is InChI=1S/C11H19N3O3S2/c1-9-7-11(18-10(9)8-15)19(16,17)12-14-5-3-13(2)4-6-14/h7,12,15H,3-6,8H2,1-2H3. The molecule has 0 aromatic carbocycles. The molecule has 0 radical (unpaired) electrons. The second-order valence-corrected chi connectivity index (χ2v) is 7.74. The van der Waals surface area contributed by atoms with E-state index in [4.69, 9.17) is 5.11 Å². The Morgan fingerprint density at radius 3 is 2.53 bits per heavy atom. The van der Waals surface area contributed by atoms with Crippen molar-refractivity contribution in [3.63, 3.8) is 0 Å². The number of sulfonamides is 1. The van der Waals surface area contributed by atoms with Crippen LogP contribution in [0.15, 0.2) is 10.3 Å². The molecule has 1 aliphatic rings. The second kappa shape index (κ2) is 5.86. The van der Waals surface area contributed by atoms with Gasteiger partial charge < -0.3 is 10.0 Å². The van der Waals surface area contributed by atoms with Gasteiger partial charge >= 0.3 is 0 Å². The lowest BCUT2D eigenvalue weighted by atomic mass is 10.3. The summed E-state index contributed by atoms with van der Waals surface area (Å²) in [4.78, 5) is 5.45. The number of nitrogens with zero attached hydrogens (tertiary/aromatic N) is 2. The average Bonchev–Trinajstić information content (AvgIpc) is 2.74. The fraction of sp³-hybridized carbons (Fsp3) is 0.636. The number of aryl methyl sites for hydroxylation is 1. The molecular weight excluding hydrogens is 286 g/mol. The fourth-order valence-electron chi connectivity index (χ4n) is 1.89. The minimum absolute atomic E-state index is 0.124. The van der Waals surface area contributed by atoms with E-state index in [-0.39, 0.29) is 10.8 Å². The maximum Gasteiger partial charge on any atom is 0.262 e. The van der Waals surface area contributed by atoms with Crippen molar-refractivity contribution in [1.82, 2.24) is 14.7 Å². The van der Waals surface area contributed by atoms with Crippen molar-refractivity contribution in [2.45, 2.75) is 17.7 Å². The van der Waals surface area contributed by atoms with Crippen LogP contribution in [0, 0.1) is 6.92 Å². The van der Waals surface area contributed by atoms with Crippen LogP contribution < -0.4 is 4.83 Å². The van der Waals surface area contributed by atoms with Crippen LogP contribution in [0.1, 0.15) is 10.4 Å². The Bertz CT molecular complexity index is 533. The molecule has 8 heteroatoms. The van der Waals surface area contributed by atoms with E-state index in [1.807, 2.05) is 7.05 Å². The highest BCUT2D eigenvalue weighted by atomic mass is 32.2. The number of hydrazine groups is 1. The molecule has 1 saturated heterocycles. The van der Waals surface area contributed by atoms with Gasteiger partial charge in [-0.3, -0.25) is 0 Å². The van der Waals surface area contributed by atoms with Crippen LogP contribution >= 0.6 is 11.3 Å². The Hall–Kier alpha value is -0.510. The highest BCUT2D eigenvalue weighted by molar-refractivity contribution is 7.91. The van der Waals surface area contributed by atoms with Crippen molar-refractivity contribution in [3.8, 4) is 0 Å². The van der Waals surface area contributed by atoms with Crippen molar-refractivity contribution in [2.75, 3.05) is 33.2 Å². The van der Waals surface area contributed by atoms with Crippen LogP contribution in [-0.4, -0.2) is 56.7 Å². The number of nitrogens with one attached hydrogen (secondary N) is 1. The number of aliphatic hydroxyl groups is 1. The van der Waals surface area contributed by atoms with Crippen LogP contribution in [-0.2, 0) is 16.6 Å². The SMILES string of the molecule is Cc1cc(S(=O)(=O)NN2CCN(C)CC2)sc1CO. The summed E-state index contributed by atoms with van der Waals surface area (Å²) in [6, 6.07) is 1.61. The van der Waals surface area contributed by atoms with Gasteiger partial charge in [-0.15, -0.1) is 16.2 Å². The Balaban J connectivity index is 2.09. The molecular formula is C11H19N3O3S2. The summed E-state index contributed by atoms with van der Waals surface area (Å²) in [7, 11) is -1.51. The molecule has 108 valence electrons. The highest BCUT2D eigenvalue weighted by Crippen LogP contribution is 2.25. The van der Waals surface area contributed by atoms with Gasteiger partial charge in [-0.2, -0.15) is 0 Å². The van der Waals surface area contributed by atoms with Gasteiger partial charge in [0.2, 0.25) is 0 Å². The lowest BCUT2D eigenvalue weighted by Gasteiger charge is -2.31. The predicted octanol–water partition coefficient (Wildman–Crippen LogP) is -0.0105. The number of thiophene rings is 1. The van der Waals surface area contributed by atoms with Crippen LogP contribution in [0.25, 0.3) is 0 Å². The lowest BCUT2D eigenvalue weighted by molar-refractivity contribution is 0.135. The Kier molecular flexibility index (Phi) is 4.59. The van der Waals surface area contributed by atoms with Crippen molar-refractivity contribution >= 4 is 21.4 Å². The molecule has 0 spiro atoms. The van der Waals surface area contributed by atoms with E-state index in [1.165, 1.54) is 0 Å². The summed E-state index contributed by atoms with van der Waals surface area (Å²) in [5.41, 5.74) is 0.811. The average molecular weight is 305 g/mol. The molecule has 1 aromatic heterocycles. The number of hydrogen-bond donors (Lipinski definition) is 2. The summed E-state index contributed by atoms with van der Waals surface area (Å²) >= 11 is 1.12. The first-order valence-electron chi connectivity index (χ1n) is 6.08. The Morgan fingerprint density at radius 1 is 1.37 bits per heavy atom. The summed E-state index contributed by atoms with van der Waals surface area (Å²) in [5, 5.41) is 10.9. The lowest BCUT2D eigenvalue weighted by Crippen LogP contribution is -2.52. The molecule has 2 heterocycles. The number of likely N-dealkylation sites (N-methyl/N-ethyl adjacent to an activating group) is 1. The molecule has 2 rings (SSSR count). The molecule has 6 nitrogen and oxygen atoms in total. The summed E-state index contributed by atoms with van der Waals surface area (Å²) in [6.45, 7) is 4.71. The predicted molar refractivity (Wildman–Crippen MR) is 74.4 cm³/mol. The first-order valence-corrected chi connectivity index (χ1v) is 8.38. The van der Waals surface area contributed by atoms with Gasteiger partial charge in [0.1, 0.15) is 4.21 Å². The van der Waals surface area contributed by atoms with E-state index in [1.54, 1.807) is 18.0 Å². The van der Waals surface area contributed by atoms with Gasteiger partial charge in [-0.1, -0.05) is 0 Å².